The Balaban J connectivity index is 1.89. The minimum atomic E-state index is -3.23. The molecule has 0 bridgehead atoms. The van der Waals surface area contributed by atoms with E-state index >= 15 is 0 Å². The summed E-state index contributed by atoms with van der Waals surface area (Å²) in [5, 5.41) is 0. The summed E-state index contributed by atoms with van der Waals surface area (Å²) in [5.41, 5.74) is 1.85. The van der Waals surface area contributed by atoms with Gasteiger partial charge in [0.1, 0.15) is 5.82 Å². The third-order valence-corrected chi connectivity index (χ3v) is 6.62. The van der Waals surface area contributed by atoms with E-state index in [9.17, 15) is 8.42 Å². The van der Waals surface area contributed by atoms with Crippen LogP contribution in [0.15, 0.2) is 24.3 Å². The highest BCUT2D eigenvalue weighted by Crippen LogP contribution is 2.34. The van der Waals surface area contributed by atoms with Crippen molar-refractivity contribution in [3.63, 3.8) is 0 Å². The van der Waals surface area contributed by atoms with E-state index in [1.54, 1.807) is 4.31 Å². The number of nitrogens with zero attached hydrogens (tertiary/aromatic N) is 2. The van der Waals surface area contributed by atoms with E-state index in [0.29, 0.717) is 6.54 Å². The molecular formula is C16H23N3O2S. The molecular weight excluding hydrogens is 298 g/mol. The maximum Gasteiger partial charge on any atom is 0.215 e. The van der Waals surface area contributed by atoms with Crippen LogP contribution in [0, 0.1) is 5.92 Å². The summed E-state index contributed by atoms with van der Waals surface area (Å²) in [6, 6.07) is 7.66. The normalized spacial score (nSPS) is 21.5. The second kappa shape index (κ2) is 6.01. The first kappa shape index (κ1) is 15.5. The quantitative estimate of drug-likeness (QED) is 0.920. The van der Waals surface area contributed by atoms with Gasteiger partial charge in [-0.25, -0.2) is 13.4 Å². The topological polar surface area (TPSA) is 66.1 Å². The van der Waals surface area contributed by atoms with Crippen molar-refractivity contribution in [3.05, 3.63) is 30.1 Å². The summed E-state index contributed by atoms with van der Waals surface area (Å²) in [4.78, 5) is 7.89. The van der Waals surface area contributed by atoms with Crippen molar-refractivity contribution in [1.82, 2.24) is 14.3 Å². The summed E-state index contributed by atoms with van der Waals surface area (Å²) in [5.74, 6) is 1.17. The molecule has 5 nitrogen and oxygen atoms in total. The van der Waals surface area contributed by atoms with Gasteiger partial charge in [0.25, 0.3) is 0 Å². The fraction of sp³-hybridized carbons (Fsp3) is 0.562. The molecule has 2 aromatic rings. The molecule has 1 N–H and O–H groups in total. The number of nitrogens with one attached hydrogen (secondary N) is 1. The molecule has 6 heteroatoms. The average molecular weight is 321 g/mol. The highest BCUT2D eigenvalue weighted by atomic mass is 32.2. The van der Waals surface area contributed by atoms with Crippen LogP contribution in [0.1, 0.15) is 45.0 Å². The van der Waals surface area contributed by atoms with Crippen LogP contribution < -0.4 is 0 Å². The number of hydrogen-bond acceptors (Lipinski definition) is 3. The first-order chi connectivity index (χ1) is 10.5. The number of aromatic amines is 1. The molecule has 0 saturated carbocycles. The Morgan fingerprint density at radius 3 is 2.91 bits per heavy atom. The van der Waals surface area contributed by atoms with Crippen molar-refractivity contribution in [2.24, 2.45) is 5.92 Å². The lowest BCUT2D eigenvalue weighted by molar-refractivity contribution is 0.381. The smallest absolute Gasteiger partial charge is 0.215 e. The van der Waals surface area contributed by atoms with E-state index in [0.717, 1.165) is 36.1 Å². The molecule has 1 aliphatic rings. The summed E-state index contributed by atoms with van der Waals surface area (Å²) in [7, 11) is -3.23. The Hall–Kier alpha value is -1.40. The third kappa shape index (κ3) is 2.90. The number of rotatable bonds is 5. The summed E-state index contributed by atoms with van der Waals surface area (Å²) < 4.78 is 27.0. The van der Waals surface area contributed by atoms with Gasteiger partial charge in [0, 0.05) is 6.54 Å². The maximum absolute atomic E-state index is 12.7. The molecule has 0 radical (unpaired) electrons. The van der Waals surface area contributed by atoms with Crippen molar-refractivity contribution in [2.75, 3.05) is 12.3 Å². The number of fused-ring (bicyclic) bond motifs is 1. The number of benzene rings is 1. The van der Waals surface area contributed by atoms with Crippen LogP contribution >= 0.6 is 0 Å². The highest BCUT2D eigenvalue weighted by molar-refractivity contribution is 7.89. The van der Waals surface area contributed by atoms with Gasteiger partial charge in [-0.3, -0.25) is 0 Å². The lowest BCUT2D eigenvalue weighted by Crippen LogP contribution is -2.34. The van der Waals surface area contributed by atoms with Gasteiger partial charge < -0.3 is 4.98 Å². The largest absolute Gasteiger partial charge is 0.341 e. The van der Waals surface area contributed by atoms with Gasteiger partial charge in [-0.05, 0) is 30.9 Å². The molecule has 3 rings (SSSR count). The predicted molar refractivity (Wildman–Crippen MR) is 88.0 cm³/mol. The van der Waals surface area contributed by atoms with E-state index in [1.807, 2.05) is 38.1 Å². The molecule has 22 heavy (non-hydrogen) atoms. The Labute approximate surface area is 131 Å². The van der Waals surface area contributed by atoms with Crippen LogP contribution in [0.3, 0.4) is 0 Å². The fourth-order valence-electron chi connectivity index (χ4n) is 3.05. The molecule has 1 aromatic heterocycles. The maximum atomic E-state index is 12.7. The minimum Gasteiger partial charge on any atom is -0.341 e. The molecule has 1 aromatic carbocycles. The van der Waals surface area contributed by atoms with Gasteiger partial charge in [0.2, 0.25) is 10.0 Å². The van der Waals surface area contributed by atoms with E-state index in [4.69, 9.17) is 0 Å². The van der Waals surface area contributed by atoms with Gasteiger partial charge in [0.15, 0.2) is 0 Å². The Bertz CT molecular complexity index is 721. The van der Waals surface area contributed by atoms with Crippen LogP contribution in [0.2, 0.25) is 0 Å². The Morgan fingerprint density at radius 1 is 1.41 bits per heavy atom. The highest BCUT2D eigenvalue weighted by Gasteiger charge is 2.37. The second-order valence-corrected chi connectivity index (χ2v) is 8.17. The molecule has 1 aliphatic heterocycles. The average Bonchev–Trinajstić information content (AvgIpc) is 3.12. The van der Waals surface area contributed by atoms with Crippen molar-refractivity contribution in [1.29, 1.82) is 0 Å². The van der Waals surface area contributed by atoms with E-state index in [2.05, 4.69) is 9.97 Å². The molecule has 1 saturated heterocycles. The van der Waals surface area contributed by atoms with Gasteiger partial charge in [0.05, 0.1) is 22.8 Å². The molecule has 2 atom stereocenters. The predicted octanol–water partition coefficient (Wildman–Crippen LogP) is 3.08. The van der Waals surface area contributed by atoms with Crippen LogP contribution in [0.4, 0.5) is 0 Å². The number of imidazole rings is 1. The van der Waals surface area contributed by atoms with E-state index in [-0.39, 0.29) is 17.7 Å². The molecule has 0 amide bonds. The molecule has 0 aliphatic carbocycles. The van der Waals surface area contributed by atoms with Crippen LogP contribution in [-0.2, 0) is 10.0 Å². The summed E-state index contributed by atoms with van der Waals surface area (Å²) in [6.07, 6.45) is 2.60. The summed E-state index contributed by atoms with van der Waals surface area (Å²) >= 11 is 0. The number of hydrogen-bond donors (Lipinski definition) is 1. The minimum absolute atomic E-state index is 0.151. The van der Waals surface area contributed by atoms with Crippen molar-refractivity contribution in [2.45, 2.75) is 39.2 Å². The van der Waals surface area contributed by atoms with Gasteiger partial charge >= 0.3 is 0 Å². The Kier molecular flexibility index (Phi) is 4.23. The third-order valence-electron chi connectivity index (χ3n) is 4.48. The van der Waals surface area contributed by atoms with Crippen molar-refractivity contribution < 1.29 is 8.42 Å². The standard InChI is InChI=1S/C16H23N3O2S/c1-3-12(2)11-22(20,21)19-10-6-9-15(19)16-17-13-7-4-5-8-14(13)18-16/h4-5,7-8,12,15H,3,6,9-11H2,1-2H3,(H,17,18)/t12-,15+/m1/s1. The second-order valence-electron chi connectivity index (χ2n) is 6.20. The number of H-pyrrole nitrogens is 1. The lowest BCUT2D eigenvalue weighted by atomic mass is 10.2. The molecule has 2 heterocycles. The Morgan fingerprint density at radius 2 is 2.18 bits per heavy atom. The lowest BCUT2D eigenvalue weighted by Gasteiger charge is -2.24. The van der Waals surface area contributed by atoms with E-state index < -0.39 is 10.0 Å². The number of para-hydroxylation sites is 2. The van der Waals surface area contributed by atoms with Gasteiger partial charge in [-0.2, -0.15) is 4.31 Å². The summed E-state index contributed by atoms with van der Waals surface area (Å²) in [6.45, 7) is 4.62. The molecule has 1 fully saturated rings. The molecule has 0 spiro atoms. The molecule has 120 valence electrons. The van der Waals surface area contributed by atoms with Gasteiger partial charge in [-0.15, -0.1) is 0 Å². The molecule has 0 unspecified atom stereocenters. The zero-order valence-electron chi connectivity index (χ0n) is 13.1. The van der Waals surface area contributed by atoms with Crippen molar-refractivity contribution in [3.8, 4) is 0 Å². The first-order valence-corrected chi connectivity index (χ1v) is 9.56. The fourth-order valence-corrected chi connectivity index (χ4v) is 5.20. The zero-order chi connectivity index (χ0) is 15.7. The van der Waals surface area contributed by atoms with Crippen molar-refractivity contribution >= 4 is 21.1 Å². The van der Waals surface area contributed by atoms with Crippen LogP contribution in [0.5, 0.6) is 0 Å². The monoisotopic (exact) mass is 321 g/mol. The van der Waals surface area contributed by atoms with Crippen LogP contribution in [0.25, 0.3) is 11.0 Å². The number of aromatic nitrogens is 2. The number of sulfonamides is 1. The van der Waals surface area contributed by atoms with Gasteiger partial charge in [-0.1, -0.05) is 32.4 Å². The SMILES string of the molecule is CC[C@@H](C)CS(=O)(=O)N1CCC[C@H]1c1nc2ccccc2[nH]1. The first-order valence-electron chi connectivity index (χ1n) is 7.95. The van der Waals surface area contributed by atoms with E-state index in [1.165, 1.54) is 0 Å². The zero-order valence-corrected chi connectivity index (χ0v) is 13.9. The van der Waals surface area contributed by atoms with Crippen LogP contribution in [-0.4, -0.2) is 35.0 Å².